The summed E-state index contributed by atoms with van der Waals surface area (Å²) in [6, 6.07) is 13.6. The predicted octanol–water partition coefficient (Wildman–Crippen LogP) is 3.34. The van der Waals surface area contributed by atoms with E-state index >= 15 is 0 Å². The SMILES string of the molecule is C#Cc1ccc(COc2nc(N3CCN(Cc4nc5ccc(C(=O)O)nc5n4C[C@@H]4CCO4)CC3)ccc2F)cc1. The number of carbonyl (C=O) groups is 1. The monoisotopic (exact) mass is 556 g/mol. The Morgan fingerprint density at radius 3 is 2.54 bits per heavy atom. The van der Waals surface area contributed by atoms with Crippen molar-refractivity contribution >= 4 is 23.0 Å². The molecule has 0 bridgehead atoms. The summed E-state index contributed by atoms with van der Waals surface area (Å²) in [5, 5.41) is 9.42. The van der Waals surface area contributed by atoms with Gasteiger partial charge in [0.1, 0.15) is 23.8 Å². The molecule has 41 heavy (non-hydrogen) atoms. The van der Waals surface area contributed by atoms with Gasteiger partial charge >= 0.3 is 5.97 Å². The van der Waals surface area contributed by atoms with Crippen LogP contribution in [0.1, 0.15) is 33.9 Å². The maximum atomic E-state index is 14.5. The fraction of sp³-hybridized carbons (Fsp3) is 0.333. The molecule has 0 unspecified atom stereocenters. The number of anilines is 1. The zero-order chi connectivity index (χ0) is 28.3. The lowest BCUT2D eigenvalue weighted by Gasteiger charge is -2.35. The summed E-state index contributed by atoms with van der Waals surface area (Å²) in [7, 11) is 0. The van der Waals surface area contributed by atoms with Crippen molar-refractivity contribution in [1.29, 1.82) is 0 Å². The topological polar surface area (TPSA) is 106 Å². The quantitative estimate of drug-likeness (QED) is 0.311. The number of halogens is 1. The van der Waals surface area contributed by atoms with Gasteiger partial charge in [-0.1, -0.05) is 18.1 Å². The van der Waals surface area contributed by atoms with Crippen molar-refractivity contribution in [3.05, 3.63) is 77.0 Å². The number of aromatic carboxylic acids is 1. The van der Waals surface area contributed by atoms with Crippen LogP contribution in [0.15, 0.2) is 48.5 Å². The van der Waals surface area contributed by atoms with Crippen LogP contribution in [-0.4, -0.2) is 74.4 Å². The molecule has 5 heterocycles. The van der Waals surface area contributed by atoms with E-state index in [0.29, 0.717) is 43.2 Å². The molecular weight excluding hydrogens is 527 g/mol. The number of imidazole rings is 1. The standard InChI is InChI=1S/C30H29FN6O4/c1-2-20-3-5-21(6-4-20)19-41-29-23(31)7-10-26(34-29)36-14-12-35(13-15-36)18-27-32-24-8-9-25(30(38)39)33-28(24)37(27)17-22-11-16-40-22/h1,3-10,22H,11-19H2,(H,38,39)/t22-/m0/s1. The molecule has 10 nitrogen and oxygen atoms in total. The van der Waals surface area contributed by atoms with Crippen LogP contribution >= 0.6 is 0 Å². The Morgan fingerprint density at radius 2 is 1.85 bits per heavy atom. The minimum absolute atomic E-state index is 0.00899. The lowest BCUT2D eigenvalue weighted by atomic mass is 10.1. The third kappa shape index (κ3) is 5.84. The highest BCUT2D eigenvalue weighted by Crippen LogP contribution is 2.24. The largest absolute Gasteiger partial charge is 0.477 e. The van der Waals surface area contributed by atoms with Gasteiger partial charge in [0.05, 0.1) is 19.2 Å². The normalized spacial score (nSPS) is 17.3. The van der Waals surface area contributed by atoms with Crippen molar-refractivity contribution < 1.29 is 23.8 Å². The van der Waals surface area contributed by atoms with Crippen molar-refractivity contribution in [1.82, 2.24) is 24.4 Å². The van der Waals surface area contributed by atoms with Gasteiger partial charge in [-0.2, -0.15) is 4.98 Å². The Hall–Kier alpha value is -4.53. The molecule has 1 aromatic carbocycles. The first kappa shape index (κ1) is 26.7. The van der Waals surface area contributed by atoms with E-state index in [1.165, 1.54) is 12.1 Å². The summed E-state index contributed by atoms with van der Waals surface area (Å²) in [4.78, 5) is 29.5. The molecule has 0 amide bonds. The Balaban J connectivity index is 1.11. The second-order valence-corrected chi connectivity index (χ2v) is 10.1. The van der Waals surface area contributed by atoms with E-state index in [1.54, 1.807) is 12.1 Å². The number of benzene rings is 1. The zero-order valence-electron chi connectivity index (χ0n) is 22.4. The molecule has 0 spiro atoms. The van der Waals surface area contributed by atoms with E-state index in [2.05, 4.69) is 25.7 Å². The first-order valence-electron chi connectivity index (χ1n) is 13.5. The highest BCUT2D eigenvalue weighted by molar-refractivity contribution is 5.88. The molecule has 2 saturated heterocycles. The van der Waals surface area contributed by atoms with Gasteiger partial charge in [-0.3, -0.25) is 4.90 Å². The second-order valence-electron chi connectivity index (χ2n) is 10.1. The van der Waals surface area contributed by atoms with Crippen LogP contribution in [0.2, 0.25) is 0 Å². The van der Waals surface area contributed by atoms with E-state index < -0.39 is 11.8 Å². The van der Waals surface area contributed by atoms with Gasteiger partial charge in [0.2, 0.25) is 0 Å². The number of terminal acetylenes is 1. The average molecular weight is 557 g/mol. The summed E-state index contributed by atoms with van der Waals surface area (Å²) in [6.07, 6.45) is 6.42. The highest BCUT2D eigenvalue weighted by Gasteiger charge is 2.26. The van der Waals surface area contributed by atoms with Gasteiger partial charge in [0.15, 0.2) is 17.2 Å². The molecule has 4 aromatic rings. The first-order valence-corrected chi connectivity index (χ1v) is 13.5. The molecule has 2 aliphatic heterocycles. The van der Waals surface area contributed by atoms with Crippen LogP contribution < -0.4 is 9.64 Å². The van der Waals surface area contributed by atoms with Crippen molar-refractivity contribution in [2.75, 3.05) is 37.7 Å². The average Bonchev–Trinajstić information content (AvgIpc) is 3.31. The molecule has 1 atom stereocenters. The molecule has 2 aliphatic rings. The molecule has 1 N–H and O–H groups in total. The van der Waals surface area contributed by atoms with Crippen molar-refractivity contribution in [2.45, 2.75) is 32.2 Å². The van der Waals surface area contributed by atoms with E-state index in [1.807, 2.05) is 28.8 Å². The van der Waals surface area contributed by atoms with Crippen LogP contribution in [0.5, 0.6) is 5.88 Å². The van der Waals surface area contributed by atoms with E-state index in [0.717, 1.165) is 43.1 Å². The first-order chi connectivity index (χ1) is 20.0. The lowest BCUT2D eigenvalue weighted by molar-refractivity contribution is -0.0592. The lowest BCUT2D eigenvalue weighted by Crippen LogP contribution is -2.46. The Morgan fingerprint density at radius 1 is 1.07 bits per heavy atom. The molecule has 0 aliphatic carbocycles. The van der Waals surface area contributed by atoms with Crippen LogP contribution in [0.25, 0.3) is 11.2 Å². The molecule has 0 saturated carbocycles. The van der Waals surface area contributed by atoms with E-state index in [-0.39, 0.29) is 24.3 Å². The van der Waals surface area contributed by atoms with Crippen LogP contribution in [0, 0.1) is 18.2 Å². The Kier molecular flexibility index (Phi) is 7.50. The highest BCUT2D eigenvalue weighted by atomic mass is 19.1. The Labute approximate surface area is 236 Å². The molecule has 11 heteroatoms. The summed E-state index contributed by atoms with van der Waals surface area (Å²) in [5.74, 6) is 2.43. The van der Waals surface area contributed by atoms with Crippen molar-refractivity contribution in [3.63, 3.8) is 0 Å². The summed E-state index contributed by atoms with van der Waals surface area (Å²) in [6.45, 7) is 4.95. The van der Waals surface area contributed by atoms with Crippen LogP contribution in [0.4, 0.5) is 10.2 Å². The molecular formula is C30H29FN6O4. The molecule has 210 valence electrons. The maximum Gasteiger partial charge on any atom is 0.354 e. The van der Waals surface area contributed by atoms with Gasteiger partial charge < -0.3 is 24.0 Å². The summed E-state index contributed by atoms with van der Waals surface area (Å²) >= 11 is 0. The molecule has 2 fully saturated rings. The van der Waals surface area contributed by atoms with Gasteiger partial charge in [-0.15, -0.1) is 6.42 Å². The van der Waals surface area contributed by atoms with Gasteiger partial charge in [-0.05, 0) is 48.4 Å². The number of aromatic nitrogens is 4. The van der Waals surface area contributed by atoms with Crippen molar-refractivity contribution in [2.24, 2.45) is 0 Å². The van der Waals surface area contributed by atoms with E-state index in [4.69, 9.17) is 20.9 Å². The zero-order valence-corrected chi connectivity index (χ0v) is 22.4. The van der Waals surface area contributed by atoms with Gasteiger partial charge in [-0.25, -0.2) is 19.2 Å². The minimum Gasteiger partial charge on any atom is -0.477 e. The number of hydrogen-bond acceptors (Lipinski definition) is 8. The summed E-state index contributed by atoms with van der Waals surface area (Å²) < 4.78 is 27.8. The number of pyridine rings is 2. The van der Waals surface area contributed by atoms with Crippen LogP contribution in [-0.2, 0) is 24.4 Å². The number of ether oxygens (including phenoxy) is 2. The number of rotatable bonds is 9. The smallest absolute Gasteiger partial charge is 0.354 e. The predicted molar refractivity (Wildman–Crippen MR) is 149 cm³/mol. The fourth-order valence-electron chi connectivity index (χ4n) is 4.99. The minimum atomic E-state index is -1.07. The summed E-state index contributed by atoms with van der Waals surface area (Å²) in [5.41, 5.74) is 2.86. The maximum absolute atomic E-state index is 14.5. The second kappa shape index (κ2) is 11.5. The Bertz CT molecular complexity index is 1600. The number of carboxylic acids is 1. The fourth-order valence-corrected chi connectivity index (χ4v) is 4.99. The van der Waals surface area contributed by atoms with Crippen molar-refractivity contribution in [3.8, 4) is 18.2 Å². The third-order valence-electron chi connectivity index (χ3n) is 7.43. The number of hydrogen-bond donors (Lipinski definition) is 1. The molecule has 0 radical (unpaired) electrons. The van der Waals surface area contributed by atoms with E-state index in [9.17, 15) is 14.3 Å². The van der Waals surface area contributed by atoms with Crippen LogP contribution in [0.3, 0.4) is 0 Å². The molecule has 3 aromatic heterocycles. The number of piperazine rings is 1. The third-order valence-corrected chi connectivity index (χ3v) is 7.43. The number of fused-ring (bicyclic) bond motifs is 1. The van der Waals surface area contributed by atoms with Gasteiger partial charge in [0.25, 0.3) is 5.88 Å². The molecule has 6 rings (SSSR count). The number of nitrogens with zero attached hydrogens (tertiary/aromatic N) is 6. The number of carboxylic acid groups (broad SMARTS) is 1. The van der Waals surface area contributed by atoms with Gasteiger partial charge in [0, 0.05) is 38.3 Å².